The highest BCUT2D eigenvalue weighted by atomic mass is 19.4. The van der Waals surface area contributed by atoms with Gasteiger partial charge in [-0.05, 0) is 42.0 Å². The van der Waals surface area contributed by atoms with E-state index in [1.165, 1.54) is 24.3 Å². The predicted octanol–water partition coefficient (Wildman–Crippen LogP) is 4.21. The van der Waals surface area contributed by atoms with Gasteiger partial charge in [-0.2, -0.15) is 13.2 Å². The lowest BCUT2D eigenvalue weighted by atomic mass is 10.1. The van der Waals surface area contributed by atoms with Gasteiger partial charge in [0.25, 0.3) is 0 Å². The van der Waals surface area contributed by atoms with E-state index < -0.39 is 11.7 Å². The zero-order chi connectivity index (χ0) is 21.1. The number of benzene rings is 2. The molecule has 0 radical (unpaired) electrons. The minimum atomic E-state index is -4.31. The Morgan fingerprint density at radius 2 is 1.40 bits per heavy atom. The maximum absolute atomic E-state index is 13.0. The van der Waals surface area contributed by atoms with Crippen molar-refractivity contribution in [1.29, 1.82) is 0 Å². The number of nitrogens with zero attached hydrogens (tertiary/aromatic N) is 4. The van der Waals surface area contributed by atoms with Crippen LogP contribution in [-0.2, 0) is 19.3 Å². The molecule has 1 aliphatic rings. The van der Waals surface area contributed by atoms with Crippen LogP contribution in [0.25, 0.3) is 11.5 Å². The van der Waals surface area contributed by atoms with Crippen LogP contribution in [0.1, 0.15) is 17.0 Å². The second-order valence-corrected chi connectivity index (χ2v) is 7.25. The van der Waals surface area contributed by atoms with Gasteiger partial charge in [0.05, 0.1) is 12.1 Å². The standard InChI is InChI=1S/C21H20F4N4O/c22-18-7-3-16(4-8-18)20-27-26-19(30-20)14-29-11-9-28(10-12-29)13-15-1-5-17(6-2-15)21(23,24)25/h1-8H,9-14H2. The topological polar surface area (TPSA) is 45.4 Å². The van der Waals surface area contributed by atoms with Crippen molar-refractivity contribution in [2.45, 2.75) is 19.3 Å². The highest BCUT2D eigenvalue weighted by molar-refractivity contribution is 5.51. The van der Waals surface area contributed by atoms with Gasteiger partial charge in [-0.25, -0.2) is 4.39 Å². The summed E-state index contributed by atoms with van der Waals surface area (Å²) in [6.07, 6.45) is -4.31. The van der Waals surface area contributed by atoms with Gasteiger partial charge >= 0.3 is 6.18 Å². The van der Waals surface area contributed by atoms with Crippen molar-refractivity contribution in [3.05, 3.63) is 71.4 Å². The fourth-order valence-corrected chi connectivity index (χ4v) is 3.38. The van der Waals surface area contributed by atoms with Gasteiger partial charge in [0.2, 0.25) is 11.8 Å². The average molecular weight is 420 g/mol. The van der Waals surface area contributed by atoms with Crippen LogP contribution >= 0.6 is 0 Å². The first kappa shape index (κ1) is 20.5. The molecule has 9 heteroatoms. The van der Waals surface area contributed by atoms with Crippen LogP contribution in [0.4, 0.5) is 17.6 Å². The summed E-state index contributed by atoms with van der Waals surface area (Å²) in [4.78, 5) is 4.39. The molecule has 2 heterocycles. The summed E-state index contributed by atoms with van der Waals surface area (Å²) in [7, 11) is 0. The number of halogens is 4. The number of hydrogen-bond donors (Lipinski definition) is 0. The second-order valence-electron chi connectivity index (χ2n) is 7.25. The number of alkyl halides is 3. The fraction of sp³-hybridized carbons (Fsp3) is 0.333. The normalized spacial score (nSPS) is 16.1. The third-order valence-electron chi connectivity index (χ3n) is 5.07. The van der Waals surface area contributed by atoms with E-state index in [1.807, 2.05) is 0 Å². The molecule has 0 spiro atoms. The molecule has 0 amide bonds. The molecular formula is C21H20F4N4O. The van der Waals surface area contributed by atoms with E-state index >= 15 is 0 Å². The van der Waals surface area contributed by atoms with Gasteiger partial charge < -0.3 is 4.42 Å². The third-order valence-corrected chi connectivity index (χ3v) is 5.07. The molecule has 0 aliphatic carbocycles. The van der Waals surface area contributed by atoms with E-state index in [-0.39, 0.29) is 5.82 Å². The van der Waals surface area contributed by atoms with Crippen LogP contribution in [0.5, 0.6) is 0 Å². The molecule has 0 saturated carbocycles. The van der Waals surface area contributed by atoms with E-state index in [4.69, 9.17) is 4.42 Å². The molecule has 0 bridgehead atoms. The fourth-order valence-electron chi connectivity index (χ4n) is 3.38. The molecule has 1 saturated heterocycles. The molecule has 0 N–H and O–H groups in total. The molecule has 3 aromatic rings. The Hall–Kier alpha value is -2.78. The molecule has 2 aromatic carbocycles. The molecule has 1 aromatic heterocycles. The van der Waals surface area contributed by atoms with Crippen molar-refractivity contribution < 1.29 is 22.0 Å². The maximum Gasteiger partial charge on any atom is 0.416 e. The summed E-state index contributed by atoms with van der Waals surface area (Å²) in [5, 5.41) is 8.09. The first-order valence-electron chi connectivity index (χ1n) is 9.56. The van der Waals surface area contributed by atoms with E-state index in [1.54, 1.807) is 12.1 Å². The van der Waals surface area contributed by atoms with Crippen molar-refractivity contribution in [1.82, 2.24) is 20.0 Å². The lowest BCUT2D eigenvalue weighted by Gasteiger charge is -2.34. The van der Waals surface area contributed by atoms with Crippen molar-refractivity contribution in [3.8, 4) is 11.5 Å². The highest BCUT2D eigenvalue weighted by Gasteiger charge is 2.30. The zero-order valence-corrected chi connectivity index (χ0v) is 16.1. The highest BCUT2D eigenvalue weighted by Crippen LogP contribution is 2.29. The van der Waals surface area contributed by atoms with Gasteiger partial charge in [-0.15, -0.1) is 10.2 Å². The van der Waals surface area contributed by atoms with Gasteiger partial charge in [0.1, 0.15) is 5.82 Å². The Bertz CT molecular complexity index is 962. The predicted molar refractivity (Wildman–Crippen MR) is 102 cm³/mol. The Morgan fingerprint density at radius 3 is 2.00 bits per heavy atom. The molecule has 4 rings (SSSR count). The van der Waals surface area contributed by atoms with Gasteiger partial charge in [-0.3, -0.25) is 9.80 Å². The number of hydrogen-bond acceptors (Lipinski definition) is 5. The molecule has 0 unspecified atom stereocenters. The van der Waals surface area contributed by atoms with Crippen molar-refractivity contribution >= 4 is 0 Å². The summed E-state index contributed by atoms with van der Waals surface area (Å²) in [6.45, 7) is 4.29. The maximum atomic E-state index is 13.0. The minimum absolute atomic E-state index is 0.326. The summed E-state index contributed by atoms with van der Waals surface area (Å²) in [5.41, 5.74) is 0.893. The Labute approximate surface area is 170 Å². The molecule has 0 atom stereocenters. The largest absolute Gasteiger partial charge is 0.419 e. The van der Waals surface area contributed by atoms with E-state index in [0.717, 1.165) is 43.9 Å². The van der Waals surface area contributed by atoms with E-state index in [0.29, 0.717) is 30.4 Å². The first-order chi connectivity index (χ1) is 14.4. The van der Waals surface area contributed by atoms with Crippen LogP contribution in [-0.4, -0.2) is 46.2 Å². The zero-order valence-electron chi connectivity index (χ0n) is 16.1. The Balaban J connectivity index is 1.27. The summed E-state index contributed by atoms with van der Waals surface area (Å²) < 4.78 is 56.7. The van der Waals surface area contributed by atoms with E-state index in [2.05, 4.69) is 20.0 Å². The smallest absolute Gasteiger partial charge is 0.416 e. The molecule has 30 heavy (non-hydrogen) atoms. The van der Waals surface area contributed by atoms with Crippen LogP contribution in [0.2, 0.25) is 0 Å². The number of piperazine rings is 1. The van der Waals surface area contributed by atoms with Crippen molar-refractivity contribution in [3.63, 3.8) is 0 Å². The SMILES string of the molecule is Fc1ccc(-c2nnc(CN3CCN(Cc4ccc(C(F)(F)F)cc4)CC3)o2)cc1. The number of aromatic nitrogens is 2. The van der Waals surface area contributed by atoms with Crippen molar-refractivity contribution in [2.75, 3.05) is 26.2 Å². The van der Waals surface area contributed by atoms with Gasteiger partial charge in [-0.1, -0.05) is 12.1 Å². The van der Waals surface area contributed by atoms with Crippen LogP contribution < -0.4 is 0 Å². The summed E-state index contributed by atoms with van der Waals surface area (Å²) >= 11 is 0. The summed E-state index contributed by atoms with van der Waals surface area (Å²) in [6, 6.07) is 11.2. The average Bonchev–Trinajstić information content (AvgIpc) is 3.18. The first-order valence-corrected chi connectivity index (χ1v) is 9.56. The van der Waals surface area contributed by atoms with Crippen LogP contribution in [0.15, 0.2) is 52.9 Å². The third kappa shape index (κ3) is 5.03. The number of rotatable bonds is 5. The molecular weight excluding hydrogens is 400 g/mol. The van der Waals surface area contributed by atoms with Gasteiger partial charge in [0.15, 0.2) is 0 Å². The minimum Gasteiger partial charge on any atom is -0.419 e. The van der Waals surface area contributed by atoms with Crippen LogP contribution in [0, 0.1) is 5.82 Å². The lowest BCUT2D eigenvalue weighted by Crippen LogP contribution is -2.45. The van der Waals surface area contributed by atoms with Gasteiger partial charge in [0, 0.05) is 38.3 Å². The molecule has 158 valence electrons. The monoisotopic (exact) mass is 420 g/mol. The molecule has 1 aliphatic heterocycles. The Kier molecular flexibility index (Phi) is 5.83. The molecule has 1 fully saturated rings. The Morgan fingerprint density at radius 1 is 0.800 bits per heavy atom. The summed E-state index contributed by atoms with van der Waals surface area (Å²) in [5.74, 6) is 0.518. The molecule has 5 nitrogen and oxygen atoms in total. The van der Waals surface area contributed by atoms with Crippen LogP contribution in [0.3, 0.4) is 0 Å². The van der Waals surface area contributed by atoms with Crippen molar-refractivity contribution in [2.24, 2.45) is 0 Å². The van der Waals surface area contributed by atoms with E-state index in [9.17, 15) is 17.6 Å². The quantitative estimate of drug-likeness (QED) is 0.579. The lowest BCUT2D eigenvalue weighted by molar-refractivity contribution is -0.137. The second kappa shape index (κ2) is 8.53.